The van der Waals surface area contributed by atoms with Crippen molar-refractivity contribution < 1.29 is 21.2 Å². The lowest BCUT2D eigenvalue weighted by molar-refractivity contribution is 0.669. The summed E-state index contributed by atoms with van der Waals surface area (Å²) in [5.74, 6) is 0.112. The van der Waals surface area contributed by atoms with Crippen LogP contribution >= 0.6 is 0 Å². The number of fused-ring (bicyclic) bond motifs is 6. The number of hydrogen-bond donors (Lipinski definition) is 0. The molecule has 0 saturated carbocycles. The largest absolute Gasteiger partial charge is 0.456 e. The summed E-state index contributed by atoms with van der Waals surface area (Å²) >= 11 is 0. The van der Waals surface area contributed by atoms with E-state index < -0.39 is 30.2 Å². The highest BCUT2D eigenvalue weighted by atomic mass is 16.3. The van der Waals surface area contributed by atoms with E-state index in [2.05, 4.69) is 4.98 Å². The molecule has 0 aliphatic heterocycles. The maximum Gasteiger partial charge on any atom is 0.167 e. The molecule has 9 aromatic rings. The molecule has 0 atom stereocenters. The second-order valence-electron chi connectivity index (χ2n) is 10.1. The first kappa shape index (κ1) is 17.1. The Labute approximate surface area is 264 Å². The molecule has 0 N–H and O–H groups in total. The van der Waals surface area contributed by atoms with Gasteiger partial charge in [0.25, 0.3) is 0 Å². The maximum atomic E-state index is 8.95. The van der Waals surface area contributed by atoms with Crippen molar-refractivity contribution >= 4 is 43.9 Å². The zero-order valence-electron chi connectivity index (χ0n) is 31.7. The summed E-state index contributed by atoms with van der Waals surface area (Å²) < 4.78 is 88.6. The quantitative estimate of drug-likeness (QED) is 0.209. The van der Waals surface area contributed by atoms with E-state index in [-0.39, 0.29) is 58.4 Å². The van der Waals surface area contributed by atoms with Crippen molar-refractivity contribution in [3.8, 4) is 45.3 Å². The van der Waals surface area contributed by atoms with Gasteiger partial charge >= 0.3 is 0 Å². The van der Waals surface area contributed by atoms with Crippen molar-refractivity contribution in [3.63, 3.8) is 0 Å². The second kappa shape index (κ2) is 9.75. The molecule has 0 unspecified atom stereocenters. The molecule has 3 aromatic heterocycles. The van der Waals surface area contributed by atoms with Gasteiger partial charge in [0.2, 0.25) is 0 Å². The molecule has 0 spiro atoms. The molecule has 0 aliphatic carbocycles. The number of nitrogens with zero attached hydrogens (tertiary/aromatic N) is 3. The number of aromatic nitrogens is 3. The Hall–Kier alpha value is -6.07. The van der Waals surface area contributed by atoms with Gasteiger partial charge in [0.15, 0.2) is 17.5 Å². The Bertz CT molecular complexity index is 3000. The number of hydrogen-bond acceptors (Lipinski definition) is 5. The highest BCUT2D eigenvalue weighted by Gasteiger charge is 2.18. The average molecular weight is 575 g/mol. The summed E-state index contributed by atoms with van der Waals surface area (Å²) in [5.41, 5.74) is 3.24. The number of furan rings is 2. The van der Waals surface area contributed by atoms with Crippen LogP contribution in [0, 0.1) is 0 Å². The molecule has 9 rings (SSSR count). The monoisotopic (exact) mass is 574 g/mol. The van der Waals surface area contributed by atoms with Crippen LogP contribution < -0.4 is 0 Å². The first-order chi connectivity index (χ1) is 25.5. The van der Waals surface area contributed by atoms with Crippen LogP contribution in [-0.2, 0) is 0 Å². The van der Waals surface area contributed by atoms with Crippen molar-refractivity contribution in [1.29, 1.82) is 0 Å². The number of rotatable bonds is 4. The Morgan fingerprint density at radius 2 is 1.23 bits per heavy atom. The molecule has 0 amide bonds. The van der Waals surface area contributed by atoms with Crippen LogP contribution in [0.1, 0.15) is 12.3 Å². The zero-order valence-corrected chi connectivity index (χ0v) is 22.7. The highest BCUT2D eigenvalue weighted by Crippen LogP contribution is 2.39. The van der Waals surface area contributed by atoms with Gasteiger partial charge in [0.05, 0.1) is 17.9 Å². The van der Waals surface area contributed by atoms with Crippen molar-refractivity contribution in [2.75, 3.05) is 0 Å². The van der Waals surface area contributed by atoms with E-state index in [1.807, 2.05) is 36.4 Å². The molecule has 6 aromatic carbocycles. The predicted molar refractivity (Wildman–Crippen MR) is 176 cm³/mol. The fraction of sp³-hybridized carbons (Fsp3) is 0. The summed E-state index contributed by atoms with van der Waals surface area (Å²) in [5, 5.41) is 2.56. The van der Waals surface area contributed by atoms with E-state index >= 15 is 0 Å². The van der Waals surface area contributed by atoms with E-state index in [0.717, 1.165) is 10.8 Å². The third kappa shape index (κ3) is 3.91. The van der Waals surface area contributed by atoms with Gasteiger partial charge in [-0.25, -0.2) is 15.0 Å². The average Bonchev–Trinajstić information content (AvgIpc) is 3.73. The fourth-order valence-corrected chi connectivity index (χ4v) is 5.58. The van der Waals surface area contributed by atoms with Crippen molar-refractivity contribution in [2.24, 2.45) is 0 Å². The highest BCUT2D eigenvalue weighted by molar-refractivity contribution is 6.12. The van der Waals surface area contributed by atoms with E-state index in [1.54, 1.807) is 36.4 Å². The first-order valence-corrected chi connectivity index (χ1v) is 13.8. The topological polar surface area (TPSA) is 65.0 Å². The van der Waals surface area contributed by atoms with Gasteiger partial charge in [0.1, 0.15) is 22.3 Å². The number of benzene rings is 6. The van der Waals surface area contributed by atoms with E-state index in [9.17, 15) is 0 Å². The van der Waals surface area contributed by atoms with E-state index in [0.29, 0.717) is 44.2 Å². The van der Waals surface area contributed by atoms with E-state index in [4.69, 9.17) is 31.1 Å². The fourth-order valence-electron chi connectivity index (χ4n) is 5.58. The molecule has 0 saturated heterocycles. The molecule has 0 bridgehead atoms. The summed E-state index contributed by atoms with van der Waals surface area (Å²) in [6, 6.07) is 21.9. The third-order valence-corrected chi connectivity index (χ3v) is 7.54. The molecule has 5 nitrogen and oxygen atoms in total. The van der Waals surface area contributed by atoms with Gasteiger partial charge in [-0.1, -0.05) is 109 Å². The Kier molecular flexibility index (Phi) is 3.80. The first-order valence-electron chi connectivity index (χ1n) is 18.3. The van der Waals surface area contributed by atoms with E-state index in [1.165, 1.54) is 12.1 Å². The molecule has 0 radical (unpaired) electrons. The molecule has 0 fully saturated rings. The van der Waals surface area contributed by atoms with Crippen molar-refractivity contribution in [2.45, 2.75) is 0 Å². The van der Waals surface area contributed by atoms with Crippen LogP contribution in [0.3, 0.4) is 0 Å². The van der Waals surface area contributed by atoms with Crippen LogP contribution in [0.15, 0.2) is 148 Å². The number of para-hydroxylation sites is 3. The smallest absolute Gasteiger partial charge is 0.167 e. The van der Waals surface area contributed by atoms with Gasteiger partial charge in [-0.05, 0) is 41.4 Å². The normalized spacial score (nSPS) is 14.5. The molecular formula is C39H23N3O2. The van der Waals surface area contributed by atoms with Gasteiger partial charge in [0, 0.05) is 32.7 Å². The molecular weight excluding hydrogens is 542 g/mol. The summed E-state index contributed by atoms with van der Waals surface area (Å²) in [4.78, 5) is 14.2. The third-order valence-electron chi connectivity index (χ3n) is 7.54. The van der Waals surface area contributed by atoms with Gasteiger partial charge in [-0.15, -0.1) is 0 Å². The Balaban J connectivity index is 1.32. The Morgan fingerprint density at radius 3 is 2.16 bits per heavy atom. The molecule has 206 valence electrons. The summed E-state index contributed by atoms with van der Waals surface area (Å²) in [6.45, 7) is 0. The van der Waals surface area contributed by atoms with Crippen LogP contribution in [0.25, 0.3) is 89.2 Å². The molecule has 44 heavy (non-hydrogen) atoms. The molecule has 3 heterocycles. The van der Waals surface area contributed by atoms with Gasteiger partial charge in [-0.2, -0.15) is 0 Å². The summed E-state index contributed by atoms with van der Waals surface area (Å²) in [7, 11) is 0. The van der Waals surface area contributed by atoms with Crippen molar-refractivity contribution in [1.82, 2.24) is 15.0 Å². The SMILES string of the molecule is [2H]c1cc([2H])c2oc3c([2H])cc([2H])c(-c4cccc(-c5nc(-c6c([2H])c([2H])c([2H])c([2H])c6[2H])nc(-c6cccc7c6oc6ccccc67)n5)c4)c3c2c1. The maximum absolute atomic E-state index is 8.95. The molecule has 5 heteroatoms. The van der Waals surface area contributed by atoms with Crippen LogP contribution in [0.5, 0.6) is 0 Å². The van der Waals surface area contributed by atoms with Gasteiger partial charge < -0.3 is 8.83 Å². The minimum atomic E-state index is -0.545. The minimum Gasteiger partial charge on any atom is -0.456 e. The lowest BCUT2D eigenvalue weighted by atomic mass is 9.98. The standard InChI is InChI=1S/C39H23N3O2/c1-2-11-24(12-3-1)37-40-38(42-39(41-37)31-19-9-18-29-28-15-4-6-20-32(28)44-36(29)31)26-14-8-13-25(23-26)27-17-10-22-34-35(27)30-16-5-7-21-33(30)43-34/h1-23H/i1D,2D,3D,5D,11D,12D,17D,21D,22D. The van der Waals surface area contributed by atoms with Crippen molar-refractivity contribution in [3.05, 3.63) is 139 Å². The zero-order chi connectivity index (χ0) is 36.9. The van der Waals surface area contributed by atoms with Crippen LogP contribution in [-0.4, -0.2) is 15.0 Å². The van der Waals surface area contributed by atoms with Crippen LogP contribution in [0.4, 0.5) is 0 Å². The lowest BCUT2D eigenvalue weighted by Crippen LogP contribution is -2.00. The molecule has 0 aliphatic rings. The van der Waals surface area contributed by atoms with Gasteiger partial charge in [-0.3, -0.25) is 0 Å². The Morgan fingerprint density at radius 1 is 0.455 bits per heavy atom. The minimum absolute atomic E-state index is 0.00769. The lowest BCUT2D eigenvalue weighted by Gasteiger charge is -2.10. The summed E-state index contributed by atoms with van der Waals surface area (Å²) in [6.07, 6.45) is 0. The second-order valence-corrected chi connectivity index (χ2v) is 10.1. The predicted octanol–water partition coefficient (Wildman–Crippen LogP) is 10.3. The van der Waals surface area contributed by atoms with Crippen LogP contribution in [0.2, 0.25) is 0 Å².